The molecule has 1 saturated heterocycles. The normalized spacial score (nSPS) is 17.0. The maximum atomic E-state index is 13.1. The molecule has 0 spiro atoms. The van der Waals surface area contributed by atoms with Crippen LogP contribution < -0.4 is 11.1 Å². The number of anilines is 2. The topological polar surface area (TPSA) is 125 Å². The number of likely N-dealkylation sites (tertiary alicyclic amines) is 1. The molecule has 1 amide bonds. The van der Waals surface area contributed by atoms with Gasteiger partial charge >= 0.3 is 24.2 Å². The van der Waals surface area contributed by atoms with E-state index in [2.05, 4.69) is 29.0 Å². The van der Waals surface area contributed by atoms with Gasteiger partial charge in [0.05, 0.1) is 6.10 Å². The number of aliphatic hydroxyl groups excluding tert-OH is 1. The summed E-state index contributed by atoms with van der Waals surface area (Å²) in [5, 5.41) is 23.5. The number of nitrogens with one attached hydrogen (secondary N) is 1. The van der Waals surface area contributed by atoms with Crippen molar-refractivity contribution in [3.63, 3.8) is 0 Å². The van der Waals surface area contributed by atoms with Crippen molar-refractivity contribution in [1.82, 2.24) is 4.90 Å². The Labute approximate surface area is 356 Å². The van der Waals surface area contributed by atoms with Crippen molar-refractivity contribution in [3.8, 4) is 23.7 Å². The number of hydrogen-bond donors (Lipinski definition) is 4. The first-order valence-electron chi connectivity index (χ1n) is 19.1. The monoisotopic (exact) mass is 883 g/mol. The van der Waals surface area contributed by atoms with Crippen LogP contribution in [0.15, 0.2) is 72.8 Å². The smallest absolute Gasteiger partial charge is 0.444 e. The number of halogens is 8. The summed E-state index contributed by atoms with van der Waals surface area (Å²) in [7, 11) is 0. The van der Waals surface area contributed by atoms with E-state index in [-0.39, 0.29) is 34.7 Å². The van der Waals surface area contributed by atoms with E-state index in [1.807, 2.05) is 57.0 Å². The van der Waals surface area contributed by atoms with E-state index < -0.39 is 41.0 Å². The molecule has 3 aliphatic rings. The van der Waals surface area contributed by atoms with Crippen molar-refractivity contribution < 1.29 is 50.9 Å². The number of nitrogens with zero attached hydrogens (tertiary/aromatic N) is 1. The van der Waals surface area contributed by atoms with Gasteiger partial charge in [0, 0.05) is 44.9 Å². The lowest BCUT2D eigenvalue weighted by Gasteiger charge is -2.28. The number of amides is 1. The summed E-state index contributed by atoms with van der Waals surface area (Å²) >= 11 is 11.4. The molecule has 16 heteroatoms. The van der Waals surface area contributed by atoms with Crippen LogP contribution in [0.25, 0.3) is 0 Å². The Balaban J connectivity index is 0.000000217. The maximum Gasteiger partial charge on any atom is 0.462 e. The standard InChI is InChI=1S/C13H11ClF3NO.C13H19NO.C11H14ClNO2.C7H5F3O/c14-9-3-4-11(18)10(7-9)12(19,13(15,16)17)6-5-8-1-2-8;1-11(14-9-5-6-10-14)13(15)12-7-3-2-4-8-12;1-11(2,3)15-10(14)13-9-6-4-8(12)5-7-9;8-7(9,10)6(11)4-3-5-1-2-5/h3-4,7-8,19H,1-2,18H2;2-4,7-8,11,13,15H,5-6,9-10H2,1H3;4-7H,1-3H3,(H,13,14);5H,1-2H2/t12-;11?,13-;;/m00../s1. The highest BCUT2D eigenvalue weighted by Crippen LogP contribution is 2.42. The Hall–Kier alpha value is -4.44. The number of alkyl halides is 6. The van der Waals surface area contributed by atoms with Gasteiger partial charge in [-0.05, 0) is 133 Å². The van der Waals surface area contributed by atoms with Crippen LogP contribution in [0, 0.1) is 35.5 Å². The van der Waals surface area contributed by atoms with Gasteiger partial charge in [-0.15, -0.1) is 0 Å². The summed E-state index contributed by atoms with van der Waals surface area (Å²) in [6.07, 6.45) is -4.88. The fourth-order valence-corrected chi connectivity index (χ4v) is 5.56. The van der Waals surface area contributed by atoms with Crippen LogP contribution in [0.5, 0.6) is 0 Å². The third kappa shape index (κ3) is 17.3. The molecule has 0 radical (unpaired) electrons. The number of carbonyl (C=O) groups excluding carboxylic acids is 2. The zero-order valence-electron chi connectivity index (χ0n) is 33.6. The second-order valence-electron chi connectivity index (χ2n) is 15.3. The second-order valence-corrected chi connectivity index (χ2v) is 16.2. The minimum atomic E-state index is -4.95. The minimum absolute atomic E-state index is 0.0290. The molecule has 2 saturated carbocycles. The van der Waals surface area contributed by atoms with E-state index >= 15 is 0 Å². The fraction of sp³-hybridized carbons (Fsp3) is 0.455. The number of nitrogen functional groups attached to an aromatic ring is 1. The van der Waals surface area contributed by atoms with E-state index in [1.54, 1.807) is 30.2 Å². The highest BCUT2D eigenvalue weighted by Gasteiger charge is 2.55. The highest BCUT2D eigenvalue weighted by molar-refractivity contribution is 6.31. The molecule has 5 N–H and O–H groups in total. The van der Waals surface area contributed by atoms with Gasteiger partial charge < -0.3 is 20.7 Å². The van der Waals surface area contributed by atoms with Crippen molar-refractivity contribution in [3.05, 3.63) is 94.0 Å². The van der Waals surface area contributed by atoms with Gasteiger partial charge in [-0.2, -0.15) is 26.3 Å². The quantitative estimate of drug-likeness (QED) is 0.0870. The molecule has 3 atom stereocenters. The first-order chi connectivity index (χ1) is 27.9. The molecule has 0 aromatic heterocycles. The predicted molar refractivity (Wildman–Crippen MR) is 221 cm³/mol. The Morgan fingerprint density at radius 2 is 1.38 bits per heavy atom. The van der Waals surface area contributed by atoms with Gasteiger partial charge in [0.1, 0.15) is 5.60 Å². The lowest BCUT2D eigenvalue weighted by atomic mass is 9.92. The van der Waals surface area contributed by atoms with Crippen molar-refractivity contribution in [2.45, 2.75) is 102 Å². The van der Waals surface area contributed by atoms with Crippen molar-refractivity contribution in [2.24, 2.45) is 11.8 Å². The number of rotatable bonds is 5. The molecule has 326 valence electrons. The van der Waals surface area contributed by atoms with E-state index in [0.29, 0.717) is 10.7 Å². The van der Waals surface area contributed by atoms with E-state index in [9.17, 15) is 46.1 Å². The van der Waals surface area contributed by atoms with Gasteiger partial charge in [0.25, 0.3) is 0 Å². The van der Waals surface area contributed by atoms with Crippen LogP contribution in [0.4, 0.5) is 42.5 Å². The van der Waals surface area contributed by atoms with Crippen molar-refractivity contribution in [2.75, 3.05) is 24.1 Å². The number of hydrogen-bond acceptors (Lipinski definition) is 7. The maximum absolute atomic E-state index is 13.1. The third-order valence-electron chi connectivity index (χ3n) is 8.88. The predicted octanol–water partition coefficient (Wildman–Crippen LogP) is 10.5. The highest BCUT2D eigenvalue weighted by atomic mass is 35.5. The van der Waals surface area contributed by atoms with Gasteiger partial charge in [0.15, 0.2) is 0 Å². The Kier molecular flexibility index (Phi) is 18.2. The fourth-order valence-electron chi connectivity index (χ4n) is 5.27. The summed E-state index contributed by atoms with van der Waals surface area (Å²) in [4.78, 5) is 23.8. The van der Waals surface area contributed by atoms with Gasteiger partial charge in [0.2, 0.25) is 5.60 Å². The first kappa shape index (κ1) is 49.9. The molecule has 3 fully saturated rings. The average Bonchev–Trinajstić information content (AvgIpc) is 4.12. The van der Waals surface area contributed by atoms with Crippen LogP contribution in [0.3, 0.4) is 0 Å². The lowest BCUT2D eigenvalue weighted by Crippen LogP contribution is -2.41. The van der Waals surface area contributed by atoms with E-state index in [1.165, 1.54) is 25.0 Å². The summed E-state index contributed by atoms with van der Waals surface area (Å²) in [6.45, 7) is 9.82. The number of Topliss-reactive ketones (excluding diaryl/α,β-unsaturated/α-hetero) is 1. The molecule has 3 aromatic carbocycles. The summed E-state index contributed by atoms with van der Waals surface area (Å²) < 4.78 is 78.9. The van der Waals surface area contributed by atoms with Gasteiger partial charge in [-0.3, -0.25) is 15.0 Å². The number of ether oxygens (including phenoxy) is 1. The summed E-state index contributed by atoms with van der Waals surface area (Å²) in [6, 6.07) is 20.6. The zero-order valence-corrected chi connectivity index (χ0v) is 35.1. The van der Waals surface area contributed by atoms with Crippen LogP contribution in [0.1, 0.15) is 83.5 Å². The molecular weight excluding hydrogens is 835 g/mol. The second kappa shape index (κ2) is 21.9. The van der Waals surface area contributed by atoms with E-state index in [4.69, 9.17) is 33.7 Å². The Bertz CT molecular complexity index is 1990. The number of nitrogens with two attached hydrogens (primary N) is 1. The molecule has 1 heterocycles. The van der Waals surface area contributed by atoms with Crippen molar-refractivity contribution >= 4 is 46.5 Å². The van der Waals surface area contributed by atoms with Crippen molar-refractivity contribution in [1.29, 1.82) is 0 Å². The number of benzene rings is 3. The lowest BCUT2D eigenvalue weighted by molar-refractivity contribution is -0.240. The number of aliphatic hydroxyl groups is 2. The molecular formula is C44H49Cl2F6N3O5. The number of ketones is 1. The molecule has 8 nitrogen and oxygen atoms in total. The largest absolute Gasteiger partial charge is 0.462 e. The Morgan fingerprint density at radius 3 is 1.88 bits per heavy atom. The van der Waals surface area contributed by atoms with Crippen LogP contribution in [-0.2, 0) is 15.1 Å². The third-order valence-corrected chi connectivity index (χ3v) is 9.37. The van der Waals surface area contributed by atoms with Crippen LogP contribution in [0.2, 0.25) is 10.0 Å². The Morgan fingerprint density at radius 1 is 0.850 bits per heavy atom. The van der Waals surface area contributed by atoms with Gasteiger partial charge in [-0.1, -0.05) is 71.3 Å². The molecule has 60 heavy (non-hydrogen) atoms. The minimum Gasteiger partial charge on any atom is -0.444 e. The van der Waals surface area contributed by atoms with Crippen LogP contribution >= 0.6 is 23.2 Å². The molecule has 1 unspecified atom stereocenters. The van der Waals surface area contributed by atoms with E-state index in [0.717, 1.165) is 50.4 Å². The molecule has 1 aliphatic heterocycles. The summed E-state index contributed by atoms with van der Waals surface area (Å²) in [5.74, 6) is 6.18. The molecule has 3 aromatic rings. The SMILES string of the molecule is CC(C)(C)OC(=O)Nc1ccc(Cl)cc1.CC([C@H](O)c1ccccc1)N1CCCC1.Nc1ccc(Cl)cc1[C@@](O)(C#CC1CC1)C(F)(F)F.O=C(C#CC1CC1)C(F)(F)F. The van der Waals surface area contributed by atoms with Crippen LogP contribution in [-0.4, -0.2) is 64.1 Å². The summed E-state index contributed by atoms with van der Waals surface area (Å²) in [5.41, 5.74) is 2.69. The zero-order chi connectivity index (χ0) is 44.9. The first-order valence-corrected chi connectivity index (χ1v) is 19.9. The van der Waals surface area contributed by atoms with Gasteiger partial charge in [-0.25, -0.2) is 4.79 Å². The average molecular weight is 885 g/mol. The molecule has 2 aliphatic carbocycles. The molecule has 0 bridgehead atoms. The molecule has 6 rings (SSSR count). The number of carbonyl (C=O) groups is 2.